The van der Waals surface area contributed by atoms with E-state index >= 15 is 0 Å². The van der Waals surface area contributed by atoms with Crippen LogP contribution in [0.3, 0.4) is 0 Å². The van der Waals surface area contributed by atoms with Crippen molar-refractivity contribution >= 4 is 5.97 Å². The molecule has 1 aliphatic rings. The van der Waals surface area contributed by atoms with E-state index in [0.717, 1.165) is 18.7 Å². The van der Waals surface area contributed by atoms with E-state index in [9.17, 15) is 9.90 Å². The van der Waals surface area contributed by atoms with Crippen molar-refractivity contribution in [2.45, 2.75) is 19.1 Å². The Balaban J connectivity index is 1.89. The SMILES string of the molecule is COC(=O)CC1CN(Cc2cccc(O)c2)CCO1. The second-order valence-corrected chi connectivity index (χ2v) is 4.68. The van der Waals surface area contributed by atoms with Crippen LogP contribution in [0.25, 0.3) is 0 Å². The zero-order valence-corrected chi connectivity index (χ0v) is 11.0. The van der Waals surface area contributed by atoms with Gasteiger partial charge in [0.15, 0.2) is 0 Å². The molecular formula is C14H19NO4. The van der Waals surface area contributed by atoms with E-state index in [-0.39, 0.29) is 24.2 Å². The zero-order valence-electron chi connectivity index (χ0n) is 11.0. The Morgan fingerprint density at radius 3 is 3.16 bits per heavy atom. The predicted octanol–water partition coefficient (Wildman–Crippen LogP) is 1.16. The third-order valence-electron chi connectivity index (χ3n) is 3.16. The lowest BCUT2D eigenvalue weighted by atomic mass is 10.1. The fourth-order valence-electron chi connectivity index (χ4n) is 2.23. The third-order valence-corrected chi connectivity index (χ3v) is 3.16. The number of morpholine rings is 1. The van der Waals surface area contributed by atoms with Gasteiger partial charge in [0.2, 0.25) is 0 Å². The van der Waals surface area contributed by atoms with Gasteiger partial charge in [-0.1, -0.05) is 12.1 Å². The summed E-state index contributed by atoms with van der Waals surface area (Å²) >= 11 is 0. The van der Waals surface area contributed by atoms with Gasteiger partial charge in [0.25, 0.3) is 0 Å². The number of carbonyl (C=O) groups excluding carboxylic acids is 1. The van der Waals surface area contributed by atoms with Gasteiger partial charge in [-0.2, -0.15) is 0 Å². The molecule has 1 heterocycles. The van der Waals surface area contributed by atoms with Gasteiger partial charge in [0.1, 0.15) is 5.75 Å². The maximum atomic E-state index is 11.2. The van der Waals surface area contributed by atoms with E-state index in [4.69, 9.17) is 4.74 Å². The average molecular weight is 265 g/mol. The normalized spacial score (nSPS) is 20.2. The fourth-order valence-corrected chi connectivity index (χ4v) is 2.23. The Hall–Kier alpha value is -1.59. The molecule has 2 rings (SSSR count). The molecule has 1 unspecified atom stereocenters. The molecule has 5 nitrogen and oxygen atoms in total. The first-order chi connectivity index (χ1) is 9.17. The van der Waals surface area contributed by atoms with Gasteiger partial charge < -0.3 is 14.6 Å². The standard InChI is InChI=1S/C14H19NO4/c1-18-14(17)8-13-10-15(5-6-19-13)9-11-3-2-4-12(16)7-11/h2-4,7,13,16H,5-6,8-10H2,1H3. The second kappa shape index (κ2) is 6.54. The number of hydrogen-bond donors (Lipinski definition) is 1. The number of ether oxygens (including phenoxy) is 2. The zero-order chi connectivity index (χ0) is 13.7. The van der Waals surface area contributed by atoms with Crippen LogP contribution in [0.4, 0.5) is 0 Å². The summed E-state index contributed by atoms with van der Waals surface area (Å²) in [5.74, 6) is 0.0288. The molecule has 1 aromatic carbocycles. The summed E-state index contributed by atoms with van der Waals surface area (Å²) in [5.41, 5.74) is 1.05. The molecule has 0 saturated carbocycles. The average Bonchev–Trinajstić information content (AvgIpc) is 2.39. The number of nitrogens with zero attached hydrogens (tertiary/aromatic N) is 1. The number of esters is 1. The van der Waals surface area contributed by atoms with Gasteiger partial charge in [0, 0.05) is 19.6 Å². The first-order valence-corrected chi connectivity index (χ1v) is 6.36. The van der Waals surface area contributed by atoms with Gasteiger partial charge in [0.05, 0.1) is 26.2 Å². The number of carbonyl (C=O) groups is 1. The number of methoxy groups -OCH3 is 1. The van der Waals surface area contributed by atoms with E-state index in [2.05, 4.69) is 9.64 Å². The van der Waals surface area contributed by atoms with Crippen LogP contribution < -0.4 is 0 Å². The molecule has 0 bridgehead atoms. The van der Waals surface area contributed by atoms with E-state index in [0.29, 0.717) is 13.2 Å². The monoisotopic (exact) mass is 265 g/mol. The lowest BCUT2D eigenvalue weighted by molar-refractivity contribution is -0.145. The minimum Gasteiger partial charge on any atom is -0.508 e. The smallest absolute Gasteiger partial charge is 0.308 e. The minimum atomic E-state index is -0.246. The van der Waals surface area contributed by atoms with Crippen molar-refractivity contribution in [3.05, 3.63) is 29.8 Å². The highest BCUT2D eigenvalue weighted by molar-refractivity contribution is 5.69. The molecule has 1 saturated heterocycles. The molecule has 1 aliphatic heterocycles. The number of phenols is 1. The van der Waals surface area contributed by atoms with Crippen molar-refractivity contribution < 1.29 is 19.4 Å². The fraction of sp³-hybridized carbons (Fsp3) is 0.500. The van der Waals surface area contributed by atoms with Crippen molar-refractivity contribution in [1.82, 2.24) is 4.90 Å². The molecule has 19 heavy (non-hydrogen) atoms. The Morgan fingerprint density at radius 2 is 2.42 bits per heavy atom. The van der Waals surface area contributed by atoms with Crippen molar-refractivity contribution in [3.63, 3.8) is 0 Å². The van der Waals surface area contributed by atoms with E-state index in [1.165, 1.54) is 7.11 Å². The molecule has 1 fully saturated rings. The quantitative estimate of drug-likeness (QED) is 0.828. The van der Waals surface area contributed by atoms with Gasteiger partial charge >= 0.3 is 5.97 Å². The number of rotatable bonds is 4. The van der Waals surface area contributed by atoms with Crippen molar-refractivity contribution in [2.75, 3.05) is 26.8 Å². The molecular weight excluding hydrogens is 246 g/mol. The molecule has 1 atom stereocenters. The number of benzene rings is 1. The molecule has 0 aliphatic carbocycles. The molecule has 0 amide bonds. The number of hydrogen-bond acceptors (Lipinski definition) is 5. The maximum absolute atomic E-state index is 11.2. The van der Waals surface area contributed by atoms with Crippen molar-refractivity contribution in [1.29, 1.82) is 0 Å². The van der Waals surface area contributed by atoms with Crippen molar-refractivity contribution in [2.24, 2.45) is 0 Å². The lowest BCUT2D eigenvalue weighted by Gasteiger charge is -2.32. The third kappa shape index (κ3) is 4.22. The Kier molecular flexibility index (Phi) is 4.76. The highest BCUT2D eigenvalue weighted by atomic mass is 16.5. The van der Waals surface area contributed by atoms with Gasteiger partial charge in [-0.15, -0.1) is 0 Å². The predicted molar refractivity (Wildman–Crippen MR) is 69.8 cm³/mol. The first kappa shape index (κ1) is 13.8. The Labute approximate surface area is 112 Å². The van der Waals surface area contributed by atoms with Crippen LogP contribution >= 0.6 is 0 Å². The van der Waals surface area contributed by atoms with Crippen LogP contribution in [-0.4, -0.2) is 48.9 Å². The molecule has 0 radical (unpaired) electrons. The van der Waals surface area contributed by atoms with Crippen LogP contribution in [0.2, 0.25) is 0 Å². The van der Waals surface area contributed by atoms with Crippen LogP contribution in [0, 0.1) is 0 Å². The molecule has 104 valence electrons. The lowest BCUT2D eigenvalue weighted by Crippen LogP contribution is -2.42. The van der Waals surface area contributed by atoms with E-state index < -0.39 is 0 Å². The molecule has 0 aromatic heterocycles. The molecule has 5 heteroatoms. The van der Waals surface area contributed by atoms with Crippen LogP contribution in [0.5, 0.6) is 5.75 Å². The van der Waals surface area contributed by atoms with E-state index in [1.54, 1.807) is 12.1 Å². The van der Waals surface area contributed by atoms with Crippen LogP contribution in [-0.2, 0) is 20.8 Å². The van der Waals surface area contributed by atoms with Gasteiger partial charge in [-0.25, -0.2) is 0 Å². The van der Waals surface area contributed by atoms with Crippen LogP contribution in [0.1, 0.15) is 12.0 Å². The van der Waals surface area contributed by atoms with Crippen molar-refractivity contribution in [3.8, 4) is 5.75 Å². The summed E-state index contributed by atoms with van der Waals surface area (Å²) in [6.07, 6.45) is 0.172. The summed E-state index contributed by atoms with van der Waals surface area (Å²) in [6.45, 7) is 2.88. The Morgan fingerprint density at radius 1 is 1.58 bits per heavy atom. The number of phenolic OH excluding ortho intramolecular Hbond substituents is 1. The number of aromatic hydroxyl groups is 1. The highest BCUT2D eigenvalue weighted by Crippen LogP contribution is 2.16. The molecule has 1 N–H and O–H groups in total. The summed E-state index contributed by atoms with van der Waals surface area (Å²) in [6, 6.07) is 7.22. The van der Waals surface area contributed by atoms with Crippen LogP contribution in [0.15, 0.2) is 24.3 Å². The summed E-state index contributed by atoms with van der Waals surface area (Å²) < 4.78 is 10.2. The maximum Gasteiger partial charge on any atom is 0.308 e. The molecule has 0 spiro atoms. The van der Waals surface area contributed by atoms with Gasteiger partial charge in [-0.3, -0.25) is 9.69 Å². The summed E-state index contributed by atoms with van der Waals surface area (Å²) in [7, 11) is 1.38. The second-order valence-electron chi connectivity index (χ2n) is 4.68. The highest BCUT2D eigenvalue weighted by Gasteiger charge is 2.23. The first-order valence-electron chi connectivity index (χ1n) is 6.36. The van der Waals surface area contributed by atoms with E-state index in [1.807, 2.05) is 12.1 Å². The minimum absolute atomic E-state index is 0.112. The topological polar surface area (TPSA) is 59.0 Å². The summed E-state index contributed by atoms with van der Waals surface area (Å²) in [4.78, 5) is 13.5. The van der Waals surface area contributed by atoms with Gasteiger partial charge in [-0.05, 0) is 17.7 Å². The largest absolute Gasteiger partial charge is 0.508 e. The molecule has 1 aromatic rings. The Bertz CT molecular complexity index is 435. The summed E-state index contributed by atoms with van der Waals surface area (Å²) in [5, 5.41) is 9.44.